The zero-order valence-corrected chi connectivity index (χ0v) is 11.2. The first-order valence-electron chi connectivity index (χ1n) is 6.33. The van der Waals surface area contributed by atoms with Gasteiger partial charge >= 0.3 is 6.36 Å². The standard InChI is InChI=1S/C15H10F3N2O2/c16-15(17,18)22-13-6-2-1-5-12(13)21-10-11-9-20-8-4-3-7-14(20)19-11/h1-5,7-9H,10H2. The molecular weight excluding hydrogens is 297 g/mol. The normalized spacial score (nSPS) is 11.6. The van der Waals surface area contributed by atoms with Crippen LogP contribution in [0.15, 0.2) is 48.8 Å². The lowest BCUT2D eigenvalue weighted by Crippen LogP contribution is -2.17. The van der Waals surface area contributed by atoms with Crippen LogP contribution in [0.1, 0.15) is 5.69 Å². The summed E-state index contributed by atoms with van der Waals surface area (Å²) in [7, 11) is 0. The van der Waals surface area contributed by atoms with Gasteiger partial charge in [0.2, 0.25) is 0 Å². The third-order valence-electron chi connectivity index (χ3n) is 2.79. The van der Waals surface area contributed by atoms with Gasteiger partial charge < -0.3 is 13.9 Å². The predicted molar refractivity (Wildman–Crippen MR) is 71.5 cm³/mol. The summed E-state index contributed by atoms with van der Waals surface area (Å²) in [4.78, 5) is 4.30. The van der Waals surface area contributed by atoms with Crippen molar-refractivity contribution in [3.8, 4) is 11.5 Å². The van der Waals surface area contributed by atoms with Crippen molar-refractivity contribution >= 4 is 5.65 Å². The number of rotatable bonds is 4. The first-order valence-corrected chi connectivity index (χ1v) is 6.33. The SMILES string of the molecule is FC(F)(F)Oc1[c]cccc1OCc1cn2ccccc2n1. The van der Waals surface area contributed by atoms with Crippen LogP contribution in [-0.2, 0) is 6.61 Å². The molecule has 0 aliphatic heterocycles. The van der Waals surface area contributed by atoms with Gasteiger partial charge in [-0.15, -0.1) is 13.2 Å². The maximum atomic E-state index is 12.3. The Hall–Kier alpha value is -2.70. The van der Waals surface area contributed by atoms with Crippen LogP contribution in [0.5, 0.6) is 11.5 Å². The molecule has 4 nitrogen and oxygen atoms in total. The Labute approximate surface area is 123 Å². The molecule has 0 saturated heterocycles. The number of nitrogens with zero attached hydrogens (tertiary/aromatic N) is 2. The van der Waals surface area contributed by atoms with Crippen LogP contribution in [0, 0.1) is 6.07 Å². The number of aromatic nitrogens is 2. The van der Waals surface area contributed by atoms with E-state index in [9.17, 15) is 13.2 Å². The van der Waals surface area contributed by atoms with Gasteiger partial charge in [0.25, 0.3) is 0 Å². The number of para-hydroxylation sites is 1. The molecule has 0 spiro atoms. The van der Waals surface area contributed by atoms with E-state index in [1.807, 2.05) is 24.4 Å². The van der Waals surface area contributed by atoms with E-state index in [4.69, 9.17) is 4.74 Å². The summed E-state index contributed by atoms with van der Waals surface area (Å²) in [6.07, 6.45) is -1.23. The van der Waals surface area contributed by atoms with E-state index in [2.05, 4.69) is 15.8 Å². The number of ether oxygens (including phenoxy) is 2. The molecule has 0 N–H and O–H groups in total. The average molecular weight is 307 g/mol. The second-order valence-electron chi connectivity index (χ2n) is 4.40. The van der Waals surface area contributed by atoms with E-state index < -0.39 is 12.1 Å². The van der Waals surface area contributed by atoms with Gasteiger partial charge in [-0.05, 0) is 18.2 Å². The minimum Gasteiger partial charge on any atom is -0.483 e. The molecule has 0 fully saturated rings. The topological polar surface area (TPSA) is 35.8 Å². The number of benzene rings is 1. The van der Waals surface area contributed by atoms with Crippen molar-refractivity contribution in [1.29, 1.82) is 0 Å². The Balaban J connectivity index is 1.76. The van der Waals surface area contributed by atoms with Gasteiger partial charge in [0, 0.05) is 18.5 Å². The van der Waals surface area contributed by atoms with Crippen LogP contribution in [-0.4, -0.2) is 15.7 Å². The third kappa shape index (κ3) is 3.30. The summed E-state index contributed by atoms with van der Waals surface area (Å²) in [5.41, 5.74) is 1.32. The summed E-state index contributed by atoms with van der Waals surface area (Å²) >= 11 is 0. The molecular formula is C15H10F3N2O2. The van der Waals surface area contributed by atoms with Crippen LogP contribution in [0.4, 0.5) is 13.2 Å². The van der Waals surface area contributed by atoms with E-state index in [-0.39, 0.29) is 12.4 Å². The average Bonchev–Trinajstić information content (AvgIpc) is 2.87. The summed E-state index contributed by atoms with van der Waals surface area (Å²) in [5, 5.41) is 0. The van der Waals surface area contributed by atoms with Crippen LogP contribution in [0.3, 0.4) is 0 Å². The van der Waals surface area contributed by atoms with Gasteiger partial charge in [0.1, 0.15) is 12.3 Å². The molecule has 0 atom stereocenters. The highest BCUT2D eigenvalue weighted by Crippen LogP contribution is 2.31. The van der Waals surface area contributed by atoms with Gasteiger partial charge in [-0.1, -0.05) is 18.2 Å². The summed E-state index contributed by atoms with van der Waals surface area (Å²) in [5.74, 6) is -0.546. The molecule has 1 aromatic carbocycles. The van der Waals surface area contributed by atoms with E-state index in [1.54, 1.807) is 10.6 Å². The number of imidazole rings is 1. The highest BCUT2D eigenvalue weighted by molar-refractivity contribution is 5.40. The molecule has 0 amide bonds. The van der Waals surface area contributed by atoms with Crippen molar-refractivity contribution in [2.75, 3.05) is 0 Å². The molecule has 2 heterocycles. The minimum absolute atomic E-state index is 0.0216. The zero-order valence-electron chi connectivity index (χ0n) is 11.2. The monoisotopic (exact) mass is 307 g/mol. The molecule has 22 heavy (non-hydrogen) atoms. The van der Waals surface area contributed by atoms with Crippen LogP contribution < -0.4 is 9.47 Å². The molecule has 3 rings (SSSR count). The number of hydrogen-bond acceptors (Lipinski definition) is 3. The smallest absolute Gasteiger partial charge is 0.483 e. The van der Waals surface area contributed by atoms with E-state index in [0.29, 0.717) is 5.69 Å². The van der Waals surface area contributed by atoms with Crippen molar-refractivity contribution in [1.82, 2.24) is 9.38 Å². The second-order valence-corrected chi connectivity index (χ2v) is 4.40. The molecule has 0 aliphatic carbocycles. The van der Waals surface area contributed by atoms with Crippen molar-refractivity contribution in [2.24, 2.45) is 0 Å². The van der Waals surface area contributed by atoms with E-state index >= 15 is 0 Å². The lowest BCUT2D eigenvalue weighted by Gasteiger charge is -2.12. The van der Waals surface area contributed by atoms with Crippen molar-refractivity contribution in [3.63, 3.8) is 0 Å². The molecule has 2 aromatic heterocycles. The van der Waals surface area contributed by atoms with Gasteiger partial charge in [0.15, 0.2) is 11.5 Å². The van der Waals surface area contributed by atoms with Crippen LogP contribution >= 0.6 is 0 Å². The first kappa shape index (κ1) is 14.2. The highest BCUT2D eigenvalue weighted by Gasteiger charge is 2.32. The second kappa shape index (κ2) is 5.59. The van der Waals surface area contributed by atoms with Crippen molar-refractivity contribution < 1.29 is 22.6 Å². The van der Waals surface area contributed by atoms with Gasteiger partial charge in [-0.2, -0.15) is 0 Å². The highest BCUT2D eigenvalue weighted by atomic mass is 19.4. The largest absolute Gasteiger partial charge is 0.573 e. The number of alkyl halides is 3. The first-order chi connectivity index (χ1) is 10.5. The fourth-order valence-corrected chi connectivity index (χ4v) is 1.92. The molecule has 7 heteroatoms. The van der Waals surface area contributed by atoms with E-state index in [0.717, 1.165) is 5.65 Å². The summed E-state index contributed by atoms with van der Waals surface area (Å²) in [6, 6.07) is 12.1. The zero-order chi connectivity index (χ0) is 15.6. The van der Waals surface area contributed by atoms with Crippen molar-refractivity contribution in [2.45, 2.75) is 13.0 Å². The van der Waals surface area contributed by atoms with Crippen LogP contribution in [0.25, 0.3) is 5.65 Å². The number of pyridine rings is 1. The summed E-state index contributed by atoms with van der Waals surface area (Å²) < 4.78 is 48.0. The molecule has 0 aliphatic rings. The number of fused-ring (bicyclic) bond motifs is 1. The Morgan fingerprint density at radius 3 is 2.82 bits per heavy atom. The lowest BCUT2D eigenvalue weighted by molar-refractivity contribution is -0.275. The van der Waals surface area contributed by atoms with Crippen LogP contribution in [0.2, 0.25) is 0 Å². The molecule has 3 aromatic rings. The molecule has 113 valence electrons. The molecule has 0 saturated carbocycles. The van der Waals surface area contributed by atoms with E-state index in [1.165, 1.54) is 18.2 Å². The fraction of sp³-hybridized carbons (Fsp3) is 0.133. The Bertz CT molecular complexity index is 751. The molecule has 0 unspecified atom stereocenters. The fourth-order valence-electron chi connectivity index (χ4n) is 1.92. The summed E-state index contributed by atoms with van der Waals surface area (Å²) in [6.45, 7) is 0.0216. The van der Waals surface area contributed by atoms with Gasteiger partial charge in [0.05, 0.1) is 5.69 Å². The minimum atomic E-state index is -4.79. The number of hydrogen-bond donors (Lipinski definition) is 0. The Morgan fingerprint density at radius 1 is 1.18 bits per heavy atom. The predicted octanol–water partition coefficient (Wildman–Crippen LogP) is 3.61. The third-order valence-corrected chi connectivity index (χ3v) is 2.79. The maximum Gasteiger partial charge on any atom is 0.573 e. The maximum absolute atomic E-state index is 12.3. The number of halogens is 3. The molecule has 0 bridgehead atoms. The lowest BCUT2D eigenvalue weighted by atomic mass is 10.3. The van der Waals surface area contributed by atoms with Crippen molar-refractivity contribution in [3.05, 3.63) is 60.6 Å². The Kier molecular flexibility index (Phi) is 3.62. The molecule has 1 radical (unpaired) electrons. The van der Waals surface area contributed by atoms with Gasteiger partial charge in [-0.3, -0.25) is 0 Å². The Morgan fingerprint density at radius 2 is 2.05 bits per heavy atom. The quantitative estimate of drug-likeness (QED) is 0.738. The van der Waals surface area contributed by atoms with Gasteiger partial charge in [-0.25, -0.2) is 4.98 Å².